The van der Waals surface area contributed by atoms with Crippen molar-refractivity contribution >= 4 is 17.6 Å². The van der Waals surface area contributed by atoms with Gasteiger partial charge >= 0.3 is 0 Å². The minimum atomic E-state index is 0.0884. The normalized spacial score (nSPS) is 22.8. The molecule has 1 N–H and O–H groups in total. The lowest BCUT2D eigenvalue weighted by Gasteiger charge is -2.35. The topological polar surface area (TPSA) is 69.0 Å². The fourth-order valence-electron chi connectivity index (χ4n) is 3.49. The smallest absolute Gasteiger partial charge is 0.246 e. The maximum Gasteiger partial charge on any atom is 0.246 e. The number of anilines is 1. The number of carbonyl (C=O) groups excluding carboxylic acids is 1. The van der Waals surface area contributed by atoms with Crippen molar-refractivity contribution in [2.45, 2.75) is 13.3 Å². The number of nitrogens with one attached hydrogen (secondary N) is 1. The van der Waals surface area contributed by atoms with Gasteiger partial charge in [-0.2, -0.15) is 5.10 Å². The Morgan fingerprint density at radius 2 is 2.20 bits per heavy atom. The number of amides is 1. The highest BCUT2D eigenvalue weighted by Crippen LogP contribution is 2.17. The van der Waals surface area contributed by atoms with Crippen LogP contribution in [0.15, 0.2) is 17.4 Å². The molecule has 138 valence electrons. The molecule has 25 heavy (non-hydrogen) atoms. The van der Waals surface area contributed by atoms with Gasteiger partial charge in [0.2, 0.25) is 5.91 Å². The maximum absolute atomic E-state index is 12.6. The summed E-state index contributed by atoms with van der Waals surface area (Å²) in [6.45, 7) is 7.73. The minimum absolute atomic E-state index is 0.0884. The molecule has 2 fully saturated rings. The zero-order chi connectivity index (χ0) is 17.8. The molecule has 3 heterocycles. The number of aliphatic imine (C=N–C) groups is 1. The summed E-state index contributed by atoms with van der Waals surface area (Å²) in [5, 5.41) is 7.50. The fourth-order valence-corrected chi connectivity index (χ4v) is 3.49. The van der Waals surface area contributed by atoms with Gasteiger partial charge in [-0.3, -0.25) is 14.5 Å². The van der Waals surface area contributed by atoms with Gasteiger partial charge in [-0.25, -0.2) is 0 Å². The van der Waals surface area contributed by atoms with Gasteiger partial charge in [0.25, 0.3) is 0 Å². The van der Waals surface area contributed by atoms with Crippen LogP contribution in [0, 0.1) is 5.92 Å². The molecule has 1 aromatic heterocycles. The van der Waals surface area contributed by atoms with E-state index in [-0.39, 0.29) is 5.91 Å². The second kappa shape index (κ2) is 7.86. The van der Waals surface area contributed by atoms with Crippen molar-refractivity contribution in [3.63, 3.8) is 0 Å². The van der Waals surface area contributed by atoms with Gasteiger partial charge in [0.1, 0.15) is 6.54 Å². The number of guanidine groups is 1. The van der Waals surface area contributed by atoms with Crippen molar-refractivity contribution in [3.05, 3.63) is 12.4 Å². The van der Waals surface area contributed by atoms with Crippen molar-refractivity contribution in [3.8, 4) is 0 Å². The van der Waals surface area contributed by atoms with Crippen LogP contribution in [0.4, 0.5) is 5.69 Å². The summed E-state index contributed by atoms with van der Waals surface area (Å²) in [5.41, 5.74) is 0.864. The van der Waals surface area contributed by atoms with Crippen molar-refractivity contribution in [1.82, 2.24) is 24.9 Å². The molecule has 8 nitrogen and oxygen atoms in total. The van der Waals surface area contributed by atoms with Gasteiger partial charge in [0, 0.05) is 46.0 Å². The van der Waals surface area contributed by atoms with E-state index in [2.05, 4.69) is 34.2 Å². The van der Waals surface area contributed by atoms with Crippen molar-refractivity contribution in [1.29, 1.82) is 0 Å². The molecule has 0 spiro atoms. The standard InChI is InChI=1S/C17H29N7O/c1-4-18-17(19-9-14-5-6-21(2)11-14)23-7-8-24(16(25)13-23)15-10-20-22(3)12-15/h10,12,14H,4-9,11,13H2,1-3H3,(H,18,19). The van der Waals surface area contributed by atoms with Gasteiger partial charge in [-0.1, -0.05) is 0 Å². The molecule has 0 saturated carbocycles. The van der Waals surface area contributed by atoms with Crippen LogP contribution < -0.4 is 10.2 Å². The Hall–Kier alpha value is -2.09. The number of aryl methyl sites for hydroxylation is 1. The van der Waals surface area contributed by atoms with Crippen LogP contribution in [0.25, 0.3) is 0 Å². The number of nitrogens with zero attached hydrogens (tertiary/aromatic N) is 6. The third-order valence-corrected chi connectivity index (χ3v) is 4.85. The Morgan fingerprint density at radius 3 is 2.80 bits per heavy atom. The molecule has 0 aliphatic carbocycles. The summed E-state index contributed by atoms with van der Waals surface area (Å²) in [6.07, 6.45) is 4.82. The molecule has 2 aliphatic rings. The Bertz CT molecular complexity index is 626. The Balaban J connectivity index is 1.62. The van der Waals surface area contributed by atoms with E-state index in [0.717, 1.165) is 44.4 Å². The number of rotatable bonds is 4. The molecule has 8 heteroatoms. The molecular weight excluding hydrogens is 318 g/mol. The van der Waals surface area contributed by atoms with Crippen LogP contribution in [0.5, 0.6) is 0 Å². The third-order valence-electron chi connectivity index (χ3n) is 4.85. The molecular formula is C17H29N7O. The van der Waals surface area contributed by atoms with Crippen LogP contribution in [-0.2, 0) is 11.8 Å². The number of likely N-dealkylation sites (tertiary alicyclic amines) is 1. The minimum Gasteiger partial charge on any atom is -0.357 e. The first-order valence-corrected chi connectivity index (χ1v) is 9.07. The van der Waals surface area contributed by atoms with Crippen LogP contribution in [-0.4, -0.2) is 84.3 Å². The van der Waals surface area contributed by atoms with E-state index in [0.29, 0.717) is 19.0 Å². The first kappa shape index (κ1) is 17.7. The number of piperazine rings is 1. The van der Waals surface area contributed by atoms with Gasteiger partial charge in [0.05, 0.1) is 11.9 Å². The Morgan fingerprint density at radius 1 is 1.36 bits per heavy atom. The van der Waals surface area contributed by atoms with E-state index in [1.807, 2.05) is 13.2 Å². The molecule has 1 atom stereocenters. The van der Waals surface area contributed by atoms with E-state index in [4.69, 9.17) is 4.99 Å². The number of hydrogen-bond donors (Lipinski definition) is 1. The quantitative estimate of drug-likeness (QED) is 0.613. The number of aromatic nitrogens is 2. The van der Waals surface area contributed by atoms with E-state index in [1.165, 1.54) is 6.42 Å². The van der Waals surface area contributed by atoms with E-state index in [1.54, 1.807) is 15.8 Å². The largest absolute Gasteiger partial charge is 0.357 e. The SMILES string of the molecule is CCNC(=NCC1CCN(C)C1)N1CCN(c2cnn(C)c2)C(=O)C1. The third kappa shape index (κ3) is 4.31. The molecule has 1 aromatic rings. The number of hydrogen-bond acceptors (Lipinski definition) is 4. The molecule has 0 radical (unpaired) electrons. The maximum atomic E-state index is 12.6. The predicted octanol–water partition coefficient (Wildman–Crippen LogP) is -0.0141. The van der Waals surface area contributed by atoms with Gasteiger partial charge in [-0.05, 0) is 32.9 Å². The van der Waals surface area contributed by atoms with Crippen LogP contribution in [0.1, 0.15) is 13.3 Å². The average molecular weight is 347 g/mol. The summed E-state index contributed by atoms with van der Waals surface area (Å²) in [6, 6.07) is 0. The highest BCUT2D eigenvalue weighted by Gasteiger charge is 2.28. The highest BCUT2D eigenvalue weighted by atomic mass is 16.2. The fraction of sp³-hybridized carbons (Fsp3) is 0.706. The van der Waals surface area contributed by atoms with Crippen LogP contribution >= 0.6 is 0 Å². The van der Waals surface area contributed by atoms with E-state index >= 15 is 0 Å². The molecule has 2 aliphatic heterocycles. The van der Waals surface area contributed by atoms with Crippen LogP contribution in [0.3, 0.4) is 0 Å². The predicted molar refractivity (Wildman–Crippen MR) is 98.7 cm³/mol. The van der Waals surface area contributed by atoms with Gasteiger partial charge < -0.3 is 20.0 Å². The highest BCUT2D eigenvalue weighted by molar-refractivity contribution is 5.98. The molecule has 0 bridgehead atoms. The van der Waals surface area contributed by atoms with Gasteiger partial charge in [-0.15, -0.1) is 0 Å². The summed E-state index contributed by atoms with van der Waals surface area (Å²) in [7, 11) is 4.02. The van der Waals surface area contributed by atoms with Gasteiger partial charge in [0.15, 0.2) is 5.96 Å². The Labute approximate surface area is 149 Å². The first-order chi connectivity index (χ1) is 12.1. The molecule has 1 unspecified atom stereocenters. The molecule has 0 aromatic carbocycles. The van der Waals surface area contributed by atoms with E-state index in [9.17, 15) is 4.79 Å². The molecule has 1 amide bonds. The second-order valence-corrected chi connectivity index (χ2v) is 6.95. The second-order valence-electron chi connectivity index (χ2n) is 6.95. The lowest BCUT2D eigenvalue weighted by molar-refractivity contribution is -0.120. The van der Waals surface area contributed by atoms with Crippen molar-refractivity contribution in [2.24, 2.45) is 18.0 Å². The van der Waals surface area contributed by atoms with Crippen molar-refractivity contribution in [2.75, 3.05) is 57.8 Å². The summed E-state index contributed by atoms with van der Waals surface area (Å²) < 4.78 is 1.72. The van der Waals surface area contributed by atoms with Crippen molar-refractivity contribution < 1.29 is 4.79 Å². The summed E-state index contributed by atoms with van der Waals surface area (Å²) >= 11 is 0. The summed E-state index contributed by atoms with van der Waals surface area (Å²) in [5.74, 6) is 1.56. The van der Waals surface area contributed by atoms with E-state index < -0.39 is 0 Å². The summed E-state index contributed by atoms with van der Waals surface area (Å²) in [4.78, 5) is 23.6. The lowest BCUT2D eigenvalue weighted by Crippen LogP contribution is -2.55. The number of carbonyl (C=O) groups is 1. The first-order valence-electron chi connectivity index (χ1n) is 9.07. The average Bonchev–Trinajstić information content (AvgIpc) is 3.19. The lowest BCUT2D eigenvalue weighted by atomic mass is 10.1. The zero-order valence-corrected chi connectivity index (χ0v) is 15.5. The van der Waals surface area contributed by atoms with Crippen LogP contribution in [0.2, 0.25) is 0 Å². The zero-order valence-electron chi connectivity index (χ0n) is 15.5. The Kier molecular flexibility index (Phi) is 5.57. The monoisotopic (exact) mass is 347 g/mol. The molecule has 3 rings (SSSR count). The molecule has 2 saturated heterocycles.